The van der Waals surface area contributed by atoms with E-state index in [4.69, 9.17) is 10.00 Å². The van der Waals surface area contributed by atoms with Crippen molar-refractivity contribution >= 4 is 17.9 Å². The Kier molecular flexibility index (Phi) is 5.13. The number of carbonyl (C=O) groups is 3. The Labute approximate surface area is 156 Å². The largest absolute Gasteiger partial charge is 0.459 e. The van der Waals surface area contributed by atoms with Crippen molar-refractivity contribution < 1.29 is 23.5 Å². The molecule has 0 bridgehead atoms. The number of halogens is 1. The lowest BCUT2D eigenvalue weighted by atomic mass is 9.77. The second-order valence-electron chi connectivity index (χ2n) is 7.16. The molecule has 1 aromatic carbocycles. The van der Waals surface area contributed by atoms with E-state index in [2.05, 4.69) is 12.2 Å². The molecule has 1 N–H and O–H groups in total. The minimum atomic E-state index is -0.920. The Morgan fingerprint density at radius 2 is 2.11 bits per heavy atom. The molecule has 1 spiro atoms. The van der Waals surface area contributed by atoms with Gasteiger partial charge < -0.3 is 10.1 Å². The highest BCUT2D eigenvalue weighted by Gasteiger charge is 2.52. The monoisotopic (exact) mass is 373 g/mol. The van der Waals surface area contributed by atoms with Crippen LogP contribution in [0.15, 0.2) is 18.2 Å². The van der Waals surface area contributed by atoms with Gasteiger partial charge in [-0.15, -0.1) is 0 Å². The van der Waals surface area contributed by atoms with E-state index in [1.165, 1.54) is 12.1 Å². The molecule has 1 aromatic rings. The van der Waals surface area contributed by atoms with Crippen molar-refractivity contribution in [3.63, 3.8) is 0 Å². The van der Waals surface area contributed by atoms with Crippen molar-refractivity contribution in [2.45, 2.75) is 44.8 Å². The molecule has 1 saturated carbocycles. The smallest absolute Gasteiger partial charge is 0.326 e. The molecule has 7 nitrogen and oxygen atoms in total. The number of nitrogens with one attached hydrogen (secondary N) is 1. The summed E-state index contributed by atoms with van der Waals surface area (Å²) in [5.41, 5.74) is -0.626. The zero-order chi connectivity index (χ0) is 19.6. The molecule has 3 amide bonds. The maximum absolute atomic E-state index is 13.7. The fourth-order valence-electron chi connectivity index (χ4n) is 3.50. The van der Waals surface area contributed by atoms with Crippen LogP contribution >= 0.6 is 0 Å². The molecule has 0 atom stereocenters. The number of urea groups is 1. The third-order valence-corrected chi connectivity index (χ3v) is 5.22. The van der Waals surface area contributed by atoms with Crippen LogP contribution in [0.5, 0.6) is 0 Å². The Morgan fingerprint density at radius 1 is 1.41 bits per heavy atom. The summed E-state index contributed by atoms with van der Waals surface area (Å²) in [5.74, 6) is -1.33. The third kappa shape index (κ3) is 3.77. The van der Waals surface area contributed by atoms with Gasteiger partial charge in [-0.05, 0) is 49.8 Å². The van der Waals surface area contributed by atoms with Gasteiger partial charge in [0.15, 0.2) is 0 Å². The quantitative estimate of drug-likeness (QED) is 0.644. The van der Waals surface area contributed by atoms with Crippen molar-refractivity contribution in [3.05, 3.63) is 35.1 Å². The molecular formula is C19H20FN3O4. The molecule has 1 aliphatic carbocycles. The predicted octanol–water partition coefficient (Wildman–Crippen LogP) is 2.24. The molecule has 27 heavy (non-hydrogen) atoms. The first-order chi connectivity index (χ1) is 12.8. The number of hydrogen-bond donors (Lipinski definition) is 1. The highest BCUT2D eigenvalue weighted by Crippen LogP contribution is 2.36. The third-order valence-electron chi connectivity index (χ3n) is 5.22. The van der Waals surface area contributed by atoms with Crippen LogP contribution in [-0.4, -0.2) is 34.9 Å². The molecular weight excluding hydrogens is 353 g/mol. The number of ether oxygens (including phenoxy) is 1. The summed E-state index contributed by atoms with van der Waals surface area (Å²) in [6, 6.07) is 4.99. The Morgan fingerprint density at radius 3 is 2.78 bits per heavy atom. The molecule has 142 valence electrons. The number of rotatable bonds is 4. The van der Waals surface area contributed by atoms with Gasteiger partial charge >= 0.3 is 12.0 Å². The first-order valence-electron chi connectivity index (χ1n) is 8.83. The van der Waals surface area contributed by atoms with Gasteiger partial charge in [0.05, 0.1) is 11.6 Å². The number of carbonyl (C=O) groups excluding carboxylic acids is 3. The van der Waals surface area contributed by atoms with Crippen LogP contribution in [0.25, 0.3) is 0 Å². The van der Waals surface area contributed by atoms with Crippen molar-refractivity contribution in [2.75, 3.05) is 6.54 Å². The normalized spacial score (nSPS) is 24.6. The highest BCUT2D eigenvalue weighted by molar-refractivity contribution is 6.08. The Balaban J connectivity index is 1.60. The van der Waals surface area contributed by atoms with Crippen LogP contribution < -0.4 is 5.32 Å². The van der Waals surface area contributed by atoms with E-state index in [9.17, 15) is 18.8 Å². The lowest BCUT2D eigenvalue weighted by Gasteiger charge is -2.33. The molecule has 0 aromatic heterocycles. The van der Waals surface area contributed by atoms with Gasteiger partial charge in [-0.2, -0.15) is 5.26 Å². The van der Waals surface area contributed by atoms with Crippen molar-refractivity contribution in [1.29, 1.82) is 5.26 Å². The molecule has 0 unspecified atom stereocenters. The molecule has 3 rings (SSSR count). The van der Waals surface area contributed by atoms with Gasteiger partial charge in [0.2, 0.25) is 0 Å². The summed E-state index contributed by atoms with van der Waals surface area (Å²) in [4.78, 5) is 37.8. The first-order valence-corrected chi connectivity index (χ1v) is 8.83. The van der Waals surface area contributed by atoms with E-state index in [-0.39, 0.29) is 17.7 Å². The van der Waals surface area contributed by atoms with Crippen LogP contribution in [0, 0.1) is 23.1 Å². The standard InChI is InChI=1S/C19H20FN3O4/c1-12-4-6-19(7-5-12)17(25)23(18(26)22-19)10-16(24)27-11-14-8-13(9-21)2-3-15(14)20/h2-3,8,12H,4-7,10-11H2,1H3,(H,22,26). The second-order valence-corrected chi connectivity index (χ2v) is 7.16. The fraction of sp³-hybridized carbons (Fsp3) is 0.474. The molecule has 1 heterocycles. The van der Waals surface area contributed by atoms with Gasteiger partial charge in [-0.3, -0.25) is 14.5 Å². The number of hydrogen-bond acceptors (Lipinski definition) is 5. The van der Waals surface area contributed by atoms with Crippen LogP contribution in [0.4, 0.5) is 9.18 Å². The van der Waals surface area contributed by atoms with E-state index >= 15 is 0 Å². The molecule has 1 saturated heterocycles. The van der Waals surface area contributed by atoms with Gasteiger partial charge in [-0.25, -0.2) is 9.18 Å². The minimum Gasteiger partial charge on any atom is -0.459 e. The highest BCUT2D eigenvalue weighted by atomic mass is 19.1. The summed E-state index contributed by atoms with van der Waals surface area (Å²) in [5, 5.41) is 11.6. The summed E-state index contributed by atoms with van der Waals surface area (Å²) in [7, 11) is 0. The van der Waals surface area contributed by atoms with Crippen LogP contribution in [0.3, 0.4) is 0 Å². The van der Waals surface area contributed by atoms with Gasteiger partial charge in [0.25, 0.3) is 5.91 Å². The van der Waals surface area contributed by atoms with Crippen molar-refractivity contribution in [2.24, 2.45) is 5.92 Å². The summed E-state index contributed by atoms with van der Waals surface area (Å²) < 4.78 is 18.7. The van der Waals surface area contributed by atoms with Crippen molar-refractivity contribution in [1.82, 2.24) is 10.2 Å². The molecule has 1 aliphatic heterocycles. The number of nitriles is 1. The molecule has 0 radical (unpaired) electrons. The Bertz CT molecular complexity index is 825. The number of imide groups is 1. The molecule has 2 fully saturated rings. The number of benzene rings is 1. The number of esters is 1. The van der Waals surface area contributed by atoms with E-state index in [1.54, 1.807) is 0 Å². The number of amides is 3. The summed E-state index contributed by atoms with van der Waals surface area (Å²) in [6.07, 6.45) is 2.77. The topological polar surface area (TPSA) is 99.5 Å². The summed E-state index contributed by atoms with van der Waals surface area (Å²) >= 11 is 0. The number of nitrogens with zero attached hydrogens (tertiary/aromatic N) is 2. The minimum absolute atomic E-state index is 0.0531. The maximum atomic E-state index is 13.7. The van der Waals surface area contributed by atoms with Crippen LogP contribution in [0.2, 0.25) is 0 Å². The predicted molar refractivity (Wildman–Crippen MR) is 91.5 cm³/mol. The van der Waals surface area contributed by atoms with Gasteiger partial charge in [0, 0.05) is 5.56 Å². The fourth-order valence-corrected chi connectivity index (χ4v) is 3.50. The van der Waals surface area contributed by atoms with Crippen molar-refractivity contribution in [3.8, 4) is 6.07 Å². The van der Waals surface area contributed by atoms with Gasteiger partial charge in [-0.1, -0.05) is 6.92 Å². The van der Waals surface area contributed by atoms with Crippen LogP contribution in [0.1, 0.15) is 43.7 Å². The van der Waals surface area contributed by atoms with E-state index < -0.39 is 35.8 Å². The summed E-state index contributed by atoms with van der Waals surface area (Å²) in [6.45, 7) is 1.19. The molecule has 8 heteroatoms. The SMILES string of the molecule is CC1CCC2(CC1)NC(=O)N(CC(=O)OCc1cc(C#N)ccc1F)C2=O. The molecule has 2 aliphatic rings. The second kappa shape index (κ2) is 7.35. The van der Waals surface area contributed by atoms with Gasteiger partial charge in [0.1, 0.15) is 24.5 Å². The van der Waals surface area contributed by atoms with Crippen LogP contribution in [-0.2, 0) is 20.9 Å². The lowest BCUT2D eigenvalue weighted by Crippen LogP contribution is -2.49. The first kappa shape index (κ1) is 18.8. The average molecular weight is 373 g/mol. The zero-order valence-electron chi connectivity index (χ0n) is 15.0. The lowest BCUT2D eigenvalue weighted by molar-refractivity contribution is -0.149. The average Bonchev–Trinajstić information content (AvgIpc) is 2.88. The zero-order valence-corrected chi connectivity index (χ0v) is 15.0. The maximum Gasteiger partial charge on any atom is 0.326 e. The van der Waals surface area contributed by atoms with E-state index in [1.807, 2.05) is 6.07 Å². The van der Waals surface area contributed by atoms with E-state index in [0.717, 1.165) is 23.8 Å². The van der Waals surface area contributed by atoms with E-state index in [0.29, 0.717) is 18.8 Å². The Hall–Kier alpha value is -2.95.